The smallest absolute Gasteiger partial charge is 0.310 e. The van der Waals surface area contributed by atoms with E-state index >= 15 is 0 Å². The minimum absolute atomic E-state index is 0.108. The lowest BCUT2D eigenvalue weighted by atomic mass is 9.78. The first-order valence-corrected chi connectivity index (χ1v) is 7.76. The fraction of sp³-hybridized carbons (Fsp3) is 0.867. The van der Waals surface area contributed by atoms with Crippen LogP contribution in [-0.4, -0.2) is 35.2 Å². The highest BCUT2D eigenvalue weighted by atomic mass is 16.5. The predicted molar refractivity (Wildman–Crippen MR) is 72.1 cm³/mol. The molecule has 3 rings (SSSR count). The van der Waals surface area contributed by atoms with E-state index in [0.29, 0.717) is 5.92 Å². The first kappa shape index (κ1) is 13.9. The van der Waals surface area contributed by atoms with E-state index in [1.807, 2.05) is 0 Å². The lowest BCUT2D eigenvalue weighted by molar-refractivity contribution is -0.148. The molecule has 2 saturated heterocycles. The summed E-state index contributed by atoms with van der Waals surface area (Å²) >= 11 is 0. The van der Waals surface area contributed by atoms with Crippen molar-refractivity contribution in [3.8, 4) is 0 Å². The van der Waals surface area contributed by atoms with Crippen LogP contribution in [0.1, 0.15) is 45.4 Å². The van der Waals surface area contributed by atoms with E-state index in [-0.39, 0.29) is 24.2 Å². The molecule has 2 N–H and O–H groups in total. The molecule has 5 nitrogen and oxygen atoms in total. The van der Waals surface area contributed by atoms with Gasteiger partial charge in [0.05, 0.1) is 24.0 Å². The molecule has 0 radical (unpaired) electrons. The lowest BCUT2D eigenvalue weighted by Gasteiger charge is -2.32. The fourth-order valence-corrected chi connectivity index (χ4v) is 4.13. The number of carbonyl (C=O) groups excluding carboxylic acids is 1. The molecule has 2 heterocycles. The highest BCUT2D eigenvalue weighted by Gasteiger charge is 2.55. The Morgan fingerprint density at radius 3 is 2.35 bits per heavy atom. The van der Waals surface area contributed by atoms with Crippen LogP contribution >= 0.6 is 0 Å². The van der Waals surface area contributed by atoms with Crippen LogP contribution < -0.4 is 5.32 Å². The van der Waals surface area contributed by atoms with Gasteiger partial charge in [0, 0.05) is 6.04 Å². The molecule has 2 bridgehead atoms. The Morgan fingerprint density at radius 2 is 1.70 bits per heavy atom. The van der Waals surface area contributed by atoms with Crippen LogP contribution in [0, 0.1) is 17.8 Å². The van der Waals surface area contributed by atoms with Crippen LogP contribution in [0.3, 0.4) is 0 Å². The van der Waals surface area contributed by atoms with Crippen LogP contribution in [0.5, 0.6) is 0 Å². The summed E-state index contributed by atoms with van der Waals surface area (Å²) in [6, 6.07) is 0.199. The molecule has 112 valence electrons. The van der Waals surface area contributed by atoms with E-state index in [4.69, 9.17) is 4.74 Å². The summed E-state index contributed by atoms with van der Waals surface area (Å²) in [5.74, 6) is -1.68. The van der Waals surface area contributed by atoms with Gasteiger partial charge >= 0.3 is 5.97 Å². The van der Waals surface area contributed by atoms with Crippen LogP contribution in [0.4, 0.5) is 0 Å². The van der Waals surface area contributed by atoms with Gasteiger partial charge in [-0.3, -0.25) is 9.59 Å². The molecule has 3 aliphatic rings. The number of rotatable bonds is 3. The third-order valence-corrected chi connectivity index (χ3v) is 5.30. The summed E-state index contributed by atoms with van der Waals surface area (Å²) < 4.78 is 5.65. The number of nitrogens with one attached hydrogen (secondary N) is 1. The molecule has 1 saturated carbocycles. The lowest BCUT2D eigenvalue weighted by Crippen LogP contribution is -2.49. The van der Waals surface area contributed by atoms with Gasteiger partial charge in [0.25, 0.3) is 0 Å². The highest BCUT2D eigenvalue weighted by molar-refractivity contribution is 5.86. The second-order valence-corrected chi connectivity index (χ2v) is 6.56. The van der Waals surface area contributed by atoms with Crippen LogP contribution in [-0.2, 0) is 14.3 Å². The average molecular weight is 281 g/mol. The molecule has 0 aromatic carbocycles. The molecular weight excluding hydrogens is 258 g/mol. The summed E-state index contributed by atoms with van der Waals surface area (Å²) in [5.41, 5.74) is 0. The van der Waals surface area contributed by atoms with Gasteiger partial charge in [-0.25, -0.2) is 0 Å². The standard InChI is InChI=1S/C15H23NO4/c1-8-4-2-3-5-9(8)16-14(17)12-10-6-7-11(20-10)13(12)15(18)19/h8-13H,2-7H2,1H3,(H,16,17)(H,18,19)/t8-,9+,10-,11-,12+,13+/m1/s1. The minimum atomic E-state index is -0.894. The number of carboxylic acids is 1. The van der Waals surface area contributed by atoms with Gasteiger partial charge in [-0.2, -0.15) is 0 Å². The molecule has 20 heavy (non-hydrogen) atoms. The number of carbonyl (C=O) groups is 2. The zero-order valence-electron chi connectivity index (χ0n) is 11.9. The number of carboxylic acid groups (broad SMARTS) is 1. The summed E-state index contributed by atoms with van der Waals surface area (Å²) in [6.45, 7) is 2.16. The quantitative estimate of drug-likeness (QED) is 0.823. The summed E-state index contributed by atoms with van der Waals surface area (Å²) in [4.78, 5) is 23.9. The monoisotopic (exact) mass is 281 g/mol. The highest BCUT2D eigenvalue weighted by Crippen LogP contribution is 2.43. The van der Waals surface area contributed by atoms with E-state index in [1.165, 1.54) is 6.42 Å². The zero-order chi connectivity index (χ0) is 14.3. The Kier molecular flexibility index (Phi) is 3.71. The van der Waals surface area contributed by atoms with Crippen molar-refractivity contribution < 1.29 is 19.4 Å². The Bertz CT molecular complexity index is 411. The maximum atomic E-state index is 12.5. The van der Waals surface area contributed by atoms with Crippen molar-refractivity contribution in [2.45, 2.75) is 63.7 Å². The molecule has 0 spiro atoms. The van der Waals surface area contributed by atoms with Gasteiger partial charge in [-0.1, -0.05) is 19.8 Å². The van der Waals surface area contributed by atoms with Gasteiger partial charge in [-0.05, 0) is 31.6 Å². The first-order chi connectivity index (χ1) is 9.58. The summed E-state index contributed by atoms with van der Waals surface area (Å²) in [5, 5.41) is 12.5. The van der Waals surface area contributed by atoms with Gasteiger partial charge in [0.2, 0.25) is 5.91 Å². The van der Waals surface area contributed by atoms with E-state index in [2.05, 4.69) is 12.2 Å². The van der Waals surface area contributed by atoms with Crippen molar-refractivity contribution in [1.29, 1.82) is 0 Å². The zero-order valence-corrected chi connectivity index (χ0v) is 11.9. The van der Waals surface area contributed by atoms with E-state index in [9.17, 15) is 14.7 Å². The number of aliphatic carboxylic acids is 1. The largest absolute Gasteiger partial charge is 0.481 e. The average Bonchev–Trinajstić information content (AvgIpc) is 3.01. The molecule has 0 aromatic heterocycles. The first-order valence-electron chi connectivity index (χ1n) is 7.76. The van der Waals surface area contributed by atoms with Crippen molar-refractivity contribution in [1.82, 2.24) is 5.32 Å². The molecule has 1 amide bonds. The number of fused-ring (bicyclic) bond motifs is 2. The molecule has 3 fully saturated rings. The number of hydrogen-bond donors (Lipinski definition) is 2. The Labute approximate surface area is 119 Å². The van der Waals surface area contributed by atoms with Gasteiger partial charge < -0.3 is 15.2 Å². The fourth-order valence-electron chi connectivity index (χ4n) is 4.13. The van der Waals surface area contributed by atoms with Crippen molar-refractivity contribution in [3.63, 3.8) is 0 Å². The molecule has 6 atom stereocenters. The second-order valence-electron chi connectivity index (χ2n) is 6.56. The third kappa shape index (κ3) is 2.32. The second kappa shape index (κ2) is 5.35. The molecular formula is C15H23NO4. The van der Waals surface area contributed by atoms with Crippen molar-refractivity contribution in [2.24, 2.45) is 17.8 Å². The van der Waals surface area contributed by atoms with Gasteiger partial charge in [-0.15, -0.1) is 0 Å². The summed E-state index contributed by atoms with van der Waals surface area (Å²) in [6.07, 6.45) is 5.63. The van der Waals surface area contributed by atoms with E-state index in [0.717, 1.165) is 32.1 Å². The number of amides is 1. The molecule has 0 unspecified atom stereocenters. The van der Waals surface area contributed by atoms with Crippen molar-refractivity contribution in [2.75, 3.05) is 0 Å². The minimum Gasteiger partial charge on any atom is -0.481 e. The SMILES string of the molecule is C[C@@H]1CCCC[C@@H]1NC(=O)[C@@H]1[C@@H](C(=O)O)[C@H]2CC[C@H]1O2. The van der Waals surface area contributed by atoms with Crippen LogP contribution in [0.2, 0.25) is 0 Å². The Morgan fingerprint density at radius 1 is 1.05 bits per heavy atom. The molecule has 0 aromatic rings. The van der Waals surface area contributed by atoms with Gasteiger partial charge in [0.15, 0.2) is 0 Å². The van der Waals surface area contributed by atoms with E-state index in [1.54, 1.807) is 0 Å². The van der Waals surface area contributed by atoms with Gasteiger partial charge in [0.1, 0.15) is 0 Å². The summed E-state index contributed by atoms with van der Waals surface area (Å²) in [7, 11) is 0. The van der Waals surface area contributed by atoms with E-state index < -0.39 is 17.8 Å². The Balaban J connectivity index is 1.68. The Hall–Kier alpha value is -1.10. The maximum Gasteiger partial charge on any atom is 0.310 e. The topological polar surface area (TPSA) is 75.6 Å². The predicted octanol–water partition coefficient (Wildman–Crippen LogP) is 1.56. The van der Waals surface area contributed by atoms with Crippen LogP contribution in [0.25, 0.3) is 0 Å². The van der Waals surface area contributed by atoms with Crippen molar-refractivity contribution >= 4 is 11.9 Å². The van der Waals surface area contributed by atoms with Crippen LogP contribution in [0.15, 0.2) is 0 Å². The van der Waals surface area contributed by atoms with Crippen molar-refractivity contribution in [3.05, 3.63) is 0 Å². The number of ether oxygens (including phenoxy) is 1. The third-order valence-electron chi connectivity index (χ3n) is 5.30. The molecule has 2 aliphatic heterocycles. The molecule has 5 heteroatoms. The molecule has 1 aliphatic carbocycles. The normalized spacial score (nSPS) is 43.5. The number of hydrogen-bond acceptors (Lipinski definition) is 3. The maximum absolute atomic E-state index is 12.5.